The molecule has 0 radical (unpaired) electrons. The third kappa shape index (κ3) is 1.88. The second-order valence-corrected chi connectivity index (χ2v) is 2.94. The van der Waals surface area contributed by atoms with E-state index < -0.39 is 5.82 Å². The van der Waals surface area contributed by atoms with Gasteiger partial charge in [-0.3, -0.25) is 14.8 Å². The van der Waals surface area contributed by atoms with E-state index in [1.165, 1.54) is 36.8 Å². The molecular formula is C11H7FN2O. The molecule has 0 saturated carbocycles. The Labute approximate surface area is 85.6 Å². The van der Waals surface area contributed by atoms with Gasteiger partial charge in [0, 0.05) is 23.5 Å². The first-order chi connectivity index (χ1) is 7.31. The molecule has 0 amide bonds. The van der Waals surface area contributed by atoms with Crippen LogP contribution in [0.15, 0.2) is 36.8 Å². The van der Waals surface area contributed by atoms with E-state index in [9.17, 15) is 9.18 Å². The number of rotatable bonds is 2. The molecule has 0 bridgehead atoms. The van der Waals surface area contributed by atoms with E-state index in [2.05, 4.69) is 9.97 Å². The molecule has 15 heavy (non-hydrogen) atoms. The van der Waals surface area contributed by atoms with Crippen molar-refractivity contribution in [3.63, 3.8) is 0 Å². The van der Waals surface area contributed by atoms with Crippen molar-refractivity contribution in [1.29, 1.82) is 0 Å². The van der Waals surface area contributed by atoms with Gasteiger partial charge in [-0.1, -0.05) is 0 Å². The Morgan fingerprint density at radius 3 is 2.80 bits per heavy atom. The molecule has 74 valence electrons. The molecule has 0 aliphatic rings. The lowest BCUT2D eigenvalue weighted by molar-refractivity contribution is 0.112. The summed E-state index contributed by atoms with van der Waals surface area (Å²) in [6.45, 7) is 0. The maximum absolute atomic E-state index is 12.9. The molecule has 2 aromatic rings. The van der Waals surface area contributed by atoms with Gasteiger partial charge in [-0.05, 0) is 18.2 Å². The SMILES string of the molecule is O=Cc1cc(F)ccc1-c1cnccn1. The maximum atomic E-state index is 12.9. The summed E-state index contributed by atoms with van der Waals surface area (Å²) in [4.78, 5) is 18.7. The maximum Gasteiger partial charge on any atom is 0.150 e. The molecule has 3 nitrogen and oxygen atoms in total. The lowest BCUT2D eigenvalue weighted by atomic mass is 10.1. The van der Waals surface area contributed by atoms with Crippen molar-refractivity contribution >= 4 is 6.29 Å². The van der Waals surface area contributed by atoms with Gasteiger partial charge in [-0.15, -0.1) is 0 Å². The smallest absolute Gasteiger partial charge is 0.150 e. The second kappa shape index (κ2) is 3.96. The van der Waals surface area contributed by atoms with E-state index in [-0.39, 0.29) is 5.56 Å². The monoisotopic (exact) mass is 202 g/mol. The van der Waals surface area contributed by atoms with E-state index in [1.807, 2.05) is 0 Å². The minimum atomic E-state index is -0.440. The highest BCUT2D eigenvalue weighted by Crippen LogP contribution is 2.20. The highest BCUT2D eigenvalue weighted by atomic mass is 19.1. The van der Waals surface area contributed by atoms with Crippen molar-refractivity contribution < 1.29 is 9.18 Å². The Kier molecular flexibility index (Phi) is 2.49. The van der Waals surface area contributed by atoms with Crippen molar-refractivity contribution in [3.8, 4) is 11.3 Å². The highest BCUT2D eigenvalue weighted by molar-refractivity contribution is 5.86. The van der Waals surface area contributed by atoms with Crippen molar-refractivity contribution in [2.24, 2.45) is 0 Å². The van der Waals surface area contributed by atoms with Gasteiger partial charge in [0.25, 0.3) is 0 Å². The topological polar surface area (TPSA) is 42.9 Å². The van der Waals surface area contributed by atoms with Gasteiger partial charge >= 0.3 is 0 Å². The molecule has 1 aromatic heterocycles. The van der Waals surface area contributed by atoms with Gasteiger partial charge in [0.1, 0.15) is 5.82 Å². The zero-order valence-electron chi connectivity index (χ0n) is 7.72. The van der Waals surface area contributed by atoms with Gasteiger partial charge in [0.2, 0.25) is 0 Å². The van der Waals surface area contributed by atoms with Crippen molar-refractivity contribution in [2.75, 3.05) is 0 Å². The molecule has 0 atom stereocenters. The number of nitrogens with zero attached hydrogens (tertiary/aromatic N) is 2. The molecule has 0 fully saturated rings. The first kappa shape index (κ1) is 9.45. The second-order valence-electron chi connectivity index (χ2n) is 2.94. The van der Waals surface area contributed by atoms with Gasteiger partial charge in [0.05, 0.1) is 11.9 Å². The fraction of sp³-hybridized carbons (Fsp3) is 0. The number of hydrogen-bond donors (Lipinski definition) is 0. The third-order valence-electron chi connectivity index (χ3n) is 1.98. The van der Waals surface area contributed by atoms with E-state index >= 15 is 0 Å². The van der Waals surface area contributed by atoms with Crippen molar-refractivity contribution in [2.45, 2.75) is 0 Å². The van der Waals surface area contributed by atoms with Crippen molar-refractivity contribution in [1.82, 2.24) is 9.97 Å². The van der Waals surface area contributed by atoms with E-state index in [0.717, 1.165) is 0 Å². The molecule has 1 heterocycles. The van der Waals surface area contributed by atoms with Crippen LogP contribution in [0.1, 0.15) is 10.4 Å². The van der Waals surface area contributed by atoms with E-state index in [4.69, 9.17) is 0 Å². The number of carbonyl (C=O) groups excluding carboxylic acids is 1. The summed E-state index contributed by atoms with van der Waals surface area (Å²) >= 11 is 0. The van der Waals surface area contributed by atoms with Crippen LogP contribution >= 0.6 is 0 Å². The Morgan fingerprint density at radius 1 is 1.27 bits per heavy atom. The zero-order chi connectivity index (χ0) is 10.7. The molecule has 0 N–H and O–H groups in total. The average Bonchev–Trinajstić information content (AvgIpc) is 2.30. The lowest BCUT2D eigenvalue weighted by Crippen LogP contribution is -1.91. The Morgan fingerprint density at radius 2 is 2.13 bits per heavy atom. The molecule has 0 unspecified atom stereocenters. The molecule has 2 rings (SSSR count). The third-order valence-corrected chi connectivity index (χ3v) is 1.98. The molecule has 0 spiro atoms. The first-order valence-electron chi connectivity index (χ1n) is 4.32. The van der Waals surface area contributed by atoms with Gasteiger partial charge < -0.3 is 0 Å². The number of hydrogen-bond acceptors (Lipinski definition) is 3. The lowest BCUT2D eigenvalue weighted by Gasteiger charge is -2.02. The van der Waals surface area contributed by atoms with Crippen LogP contribution in [0.25, 0.3) is 11.3 Å². The van der Waals surface area contributed by atoms with Crippen LogP contribution in [0.4, 0.5) is 4.39 Å². The summed E-state index contributed by atoms with van der Waals surface area (Å²) < 4.78 is 12.9. The largest absolute Gasteiger partial charge is 0.298 e. The van der Waals surface area contributed by atoms with Crippen LogP contribution in [0.5, 0.6) is 0 Å². The summed E-state index contributed by atoms with van der Waals surface area (Å²) in [5.41, 5.74) is 1.41. The van der Waals surface area contributed by atoms with Crippen molar-refractivity contribution in [3.05, 3.63) is 48.2 Å². The molecular weight excluding hydrogens is 195 g/mol. The van der Waals surface area contributed by atoms with Gasteiger partial charge in [-0.25, -0.2) is 4.39 Å². The van der Waals surface area contributed by atoms with Crippen LogP contribution in [-0.2, 0) is 0 Å². The molecule has 4 heteroatoms. The standard InChI is InChI=1S/C11H7FN2O/c12-9-1-2-10(8(5-9)7-15)11-6-13-3-4-14-11/h1-7H. The predicted octanol–water partition coefficient (Wildman–Crippen LogP) is 2.10. The van der Waals surface area contributed by atoms with E-state index in [1.54, 1.807) is 0 Å². The summed E-state index contributed by atoms with van der Waals surface area (Å²) in [5, 5.41) is 0. The van der Waals surface area contributed by atoms with Crippen LogP contribution in [0.2, 0.25) is 0 Å². The average molecular weight is 202 g/mol. The fourth-order valence-electron chi connectivity index (χ4n) is 1.30. The quantitative estimate of drug-likeness (QED) is 0.700. The Hall–Kier alpha value is -2.10. The normalized spacial score (nSPS) is 9.93. The minimum absolute atomic E-state index is 0.274. The molecule has 1 aromatic carbocycles. The number of aromatic nitrogens is 2. The van der Waals surface area contributed by atoms with Crippen LogP contribution in [-0.4, -0.2) is 16.3 Å². The Balaban J connectivity index is 2.58. The molecule has 0 saturated heterocycles. The van der Waals surface area contributed by atoms with E-state index in [0.29, 0.717) is 17.5 Å². The molecule has 0 aliphatic carbocycles. The number of carbonyl (C=O) groups is 1. The summed E-state index contributed by atoms with van der Waals surface area (Å²) in [5.74, 6) is -0.440. The van der Waals surface area contributed by atoms with Crippen LogP contribution in [0, 0.1) is 5.82 Å². The Bertz CT molecular complexity index is 485. The summed E-state index contributed by atoms with van der Waals surface area (Å²) in [6, 6.07) is 3.98. The number of halogens is 1. The zero-order valence-corrected chi connectivity index (χ0v) is 7.72. The van der Waals surface area contributed by atoms with Crippen LogP contribution in [0.3, 0.4) is 0 Å². The predicted molar refractivity (Wildman–Crippen MR) is 52.8 cm³/mol. The molecule has 0 aliphatic heterocycles. The van der Waals surface area contributed by atoms with Crippen LogP contribution < -0.4 is 0 Å². The minimum Gasteiger partial charge on any atom is -0.298 e. The highest BCUT2D eigenvalue weighted by Gasteiger charge is 2.06. The number of benzene rings is 1. The summed E-state index contributed by atoms with van der Waals surface area (Å²) in [6.07, 6.45) is 5.19. The fourth-order valence-corrected chi connectivity index (χ4v) is 1.30. The number of aldehydes is 1. The van der Waals surface area contributed by atoms with Gasteiger partial charge in [-0.2, -0.15) is 0 Å². The summed E-state index contributed by atoms with van der Waals surface area (Å²) in [7, 11) is 0. The first-order valence-corrected chi connectivity index (χ1v) is 4.32. The van der Waals surface area contributed by atoms with Gasteiger partial charge in [0.15, 0.2) is 6.29 Å².